The summed E-state index contributed by atoms with van der Waals surface area (Å²) < 4.78 is 27.7. The van der Waals surface area contributed by atoms with Gasteiger partial charge in [0.2, 0.25) is 5.91 Å². The number of aliphatic hydroxyl groups is 1. The van der Waals surface area contributed by atoms with Crippen LogP contribution >= 0.6 is 0 Å². The zero-order valence-corrected chi connectivity index (χ0v) is 21.7. The molecular formula is C30H34F2N4O2. The van der Waals surface area contributed by atoms with Crippen LogP contribution in [0.4, 0.5) is 8.78 Å². The van der Waals surface area contributed by atoms with Crippen LogP contribution in [0.1, 0.15) is 41.2 Å². The van der Waals surface area contributed by atoms with Gasteiger partial charge in [0.25, 0.3) is 0 Å². The number of aryl methyl sites for hydroxylation is 2. The summed E-state index contributed by atoms with van der Waals surface area (Å²) in [7, 11) is 0. The molecule has 0 bridgehead atoms. The van der Waals surface area contributed by atoms with Crippen LogP contribution in [0.25, 0.3) is 0 Å². The predicted octanol–water partition coefficient (Wildman–Crippen LogP) is 3.78. The summed E-state index contributed by atoms with van der Waals surface area (Å²) >= 11 is 0. The van der Waals surface area contributed by atoms with E-state index in [1.807, 2.05) is 43.3 Å². The van der Waals surface area contributed by atoms with Crippen molar-refractivity contribution in [3.8, 4) is 0 Å². The lowest BCUT2D eigenvalue weighted by Gasteiger charge is -2.26. The average molecular weight is 521 g/mol. The van der Waals surface area contributed by atoms with Gasteiger partial charge in [0.1, 0.15) is 17.7 Å². The van der Waals surface area contributed by atoms with Crippen LogP contribution in [-0.4, -0.2) is 41.5 Å². The van der Waals surface area contributed by atoms with Crippen LogP contribution in [-0.2, 0) is 24.2 Å². The molecule has 38 heavy (non-hydrogen) atoms. The van der Waals surface area contributed by atoms with E-state index in [1.165, 1.54) is 17.7 Å². The Bertz CT molecular complexity index is 1260. The van der Waals surface area contributed by atoms with Gasteiger partial charge in [-0.25, -0.2) is 8.78 Å². The fraction of sp³-hybridized carbons (Fsp3) is 0.333. The van der Waals surface area contributed by atoms with Crippen molar-refractivity contribution in [2.24, 2.45) is 5.10 Å². The van der Waals surface area contributed by atoms with Crippen LogP contribution in [0.2, 0.25) is 0 Å². The Hall–Kier alpha value is -3.62. The summed E-state index contributed by atoms with van der Waals surface area (Å²) in [4.78, 5) is 13.2. The van der Waals surface area contributed by atoms with Crippen LogP contribution in [0.5, 0.6) is 0 Å². The lowest BCUT2D eigenvalue weighted by atomic mass is 9.99. The number of nitrogens with zero attached hydrogens (tertiary/aromatic N) is 1. The molecule has 0 fully saturated rings. The van der Waals surface area contributed by atoms with E-state index < -0.39 is 29.8 Å². The van der Waals surface area contributed by atoms with E-state index in [9.17, 15) is 18.7 Å². The molecule has 4 N–H and O–H groups in total. The van der Waals surface area contributed by atoms with Crippen molar-refractivity contribution in [2.75, 3.05) is 6.54 Å². The second kappa shape index (κ2) is 12.8. The van der Waals surface area contributed by atoms with Crippen LogP contribution < -0.4 is 16.1 Å². The standard InChI is InChI=1S/C30H34F2N4O2/c1-3-20-5-4-6-21(11-20)17-33-18-29(37)27(14-22-12-24(31)15-25(32)13-22)34-30(38)28-16-26(35-36-28)23-9-7-19(2)8-10-23/h4-13,15,27-29,33,36-37H,3,14,16-18H2,1-2H3,(H,34,38)/t27-,28?,29-/m0/s1. The van der Waals surface area contributed by atoms with Gasteiger partial charge in [0.05, 0.1) is 17.9 Å². The van der Waals surface area contributed by atoms with Crippen molar-refractivity contribution < 1.29 is 18.7 Å². The van der Waals surface area contributed by atoms with Crippen molar-refractivity contribution in [3.63, 3.8) is 0 Å². The molecule has 0 aromatic heterocycles. The number of amides is 1. The fourth-order valence-corrected chi connectivity index (χ4v) is 4.54. The summed E-state index contributed by atoms with van der Waals surface area (Å²) in [5.74, 6) is -1.75. The first kappa shape index (κ1) is 27.4. The minimum Gasteiger partial charge on any atom is -0.390 e. The molecule has 3 aromatic carbocycles. The third-order valence-corrected chi connectivity index (χ3v) is 6.71. The van der Waals surface area contributed by atoms with Gasteiger partial charge in [0, 0.05) is 25.6 Å². The number of benzene rings is 3. The third-order valence-electron chi connectivity index (χ3n) is 6.71. The number of rotatable bonds is 11. The predicted molar refractivity (Wildman–Crippen MR) is 145 cm³/mol. The third kappa shape index (κ3) is 7.46. The number of hydrogen-bond donors (Lipinski definition) is 4. The molecule has 1 amide bonds. The van der Waals surface area contributed by atoms with Crippen molar-refractivity contribution in [1.29, 1.82) is 0 Å². The van der Waals surface area contributed by atoms with Gasteiger partial charge in [-0.3, -0.25) is 10.2 Å². The lowest BCUT2D eigenvalue weighted by molar-refractivity contribution is -0.124. The van der Waals surface area contributed by atoms with Crippen LogP contribution in [0.3, 0.4) is 0 Å². The van der Waals surface area contributed by atoms with E-state index in [0.29, 0.717) is 18.5 Å². The molecule has 1 aliphatic rings. The van der Waals surface area contributed by atoms with E-state index in [2.05, 4.69) is 40.2 Å². The highest BCUT2D eigenvalue weighted by atomic mass is 19.1. The summed E-state index contributed by atoms with van der Waals surface area (Å²) in [6, 6.07) is 17.9. The SMILES string of the molecule is CCc1cccc(CNC[C@H](O)[C@H](Cc2cc(F)cc(F)c2)NC(=O)C2CC(c3ccc(C)cc3)=NN2)c1. The second-order valence-corrected chi connectivity index (χ2v) is 9.78. The molecule has 200 valence electrons. The first-order chi connectivity index (χ1) is 18.3. The number of nitrogens with one attached hydrogen (secondary N) is 3. The molecular weight excluding hydrogens is 486 g/mol. The largest absolute Gasteiger partial charge is 0.390 e. The molecule has 3 atom stereocenters. The van der Waals surface area contributed by atoms with Crippen LogP contribution in [0.15, 0.2) is 71.8 Å². The number of hydrazone groups is 1. The summed E-state index contributed by atoms with van der Waals surface area (Å²) in [6.07, 6.45) is 0.378. The van der Waals surface area contributed by atoms with E-state index in [4.69, 9.17) is 0 Å². The number of aliphatic hydroxyl groups excluding tert-OH is 1. The minimum atomic E-state index is -1.00. The molecule has 1 aliphatic heterocycles. The second-order valence-electron chi connectivity index (χ2n) is 9.78. The highest BCUT2D eigenvalue weighted by Gasteiger charge is 2.30. The number of carbonyl (C=O) groups is 1. The maximum absolute atomic E-state index is 13.8. The zero-order valence-electron chi connectivity index (χ0n) is 21.7. The van der Waals surface area contributed by atoms with E-state index >= 15 is 0 Å². The molecule has 1 unspecified atom stereocenters. The highest BCUT2D eigenvalue weighted by molar-refractivity contribution is 6.04. The molecule has 0 radical (unpaired) electrons. The summed E-state index contributed by atoms with van der Waals surface area (Å²) in [5.41, 5.74) is 8.36. The molecule has 8 heteroatoms. The number of hydrogen-bond acceptors (Lipinski definition) is 5. The molecule has 0 spiro atoms. The Balaban J connectivity index is 1.41. The monoisotopic (exact) mass is 520 g/mol. The van der Waals surface area contributed by atoms with Gasteiger partial charge in [-0.1, -0.05) is 61.0 Å². The van der Waals surface area contributed by atoms with Crippen molar-refractivity contribution in [1.82, 2.24) is 16.1 Å². The topological polar surface area (TPSA) is 85.8 Å². The van der Waals surface area contributed by atoms with E-state index in [1.54, 1.807) is 0 Å². The maximum atomic E-state index is 13.8. The summed E-state index contributed by atoms with van der Waals surface area (Å²) in [5, 5.41) is 21.5. The van der Waals surface area contributed by atoms with Gasteiger partial charge < -0.3 is 15.7 Å². The molecule has 4 rings (SSSR count). The maximum Gasteiger partial charge on any atom is 0.244 e. The molecule has 0 saturated carbocycles. The smallest absolute Gasteiger partial charge is 0.244 e. The Labute approximate surface area is 222 Å². The number of halogens is 2. The number of carbonyl (C=O) groups excluding carboxylic acids is 1. The minimum absolute atomic E-state index is 0.0625. The van der Waals surface area contributed by atoms with Crippen LogP contribution in [0, 0.1) is 18.6 Å². The lowest BCUT2D eigenvalue weighted by Crippen LogP contribution is -2.52. The molecule has 6 nitrogen and oxygen atoms in total. The van der Waals surface area contributed by atoms with Crippen molar-refractivity contribution >= 4 is 11.6 Å². The van der Waals surface area contributed by atoms with Gasteiger partial charge in [-0.2, -0.15) is 5.10 Å². The van der Waals surface area contributed by atoms with Gasteiger partial charge in [0.15, 0.2) is 0 Å². The van der Waals surface area contributed by atoms with Gasteiger partial charge >= 0.3 is 0 Å². The van der Waals surface area contributed by atoms with Gasteiger partial charge in [-0.05, 0) is 54.2 Å². The normalized spacial score (nSPS) is 16.4. The Morgan fingerprint density at radius 3 is 2.47 bits per heavy atom. The summed E-state index contributed by atoms with van der Waals surface area (Å²) in [6.45, 7) is 4.81. The molecule has 0 aliphatic carbocycles. The first-order valence-corrected chi connectivity index (χ1v) is 12.9. The molecule has 3 aromatic rings. The van der Waals surface area contributed by atoms with E-state index in [0.717, 1.165) is 34.9 Å². The van der Waals surface area contributed by atoms with Gasteiger partial charge in [-0.15, -0.1) is 0 Å². The molecule has 0 saturated heterocycles. The zero-order chi connectivity index (χ0) is 27.1. The quantitative estimate of drug-likeness (QED) is 0.310. The molecule has 1 heterocycles. The van der Waals surface area contributed by atoms with E-state index in [-0.39, 0.29) is 18.9 Å². The average Bonchev–Trinajstić information content (AvgIpc) is 3.39. The highest BCUT2D eigenvalue weighted by Crippen LogP contribution is 2.16. The Morgan fingerprint density at radius 2 is 1.76 bits per heavy atom. The fourth-order valence-electron chi connectivity index (χ4n) is 4.54. The first-order valence-electron chi connectivity index (χ1n) is 12.9. The Kier molecular flexibility index (Phi) is 9.20. The Morgan fingerprint density at radius 1 is 1.05 bits per heavy atom. The van der Waals surface area contributed by atoms with Crippen molar-refractivity contribution in [2.45, 2.75) is 57.8 Å². The van der Waals surface area contributed by atoms with Crippen molar-refractivity contribution in [3.05, 3.63) is 106 Å².